The molecule has 2 aromatic carbocycles. The highest BCUT2D eigenvalue weighted by molar-refractivity contribution is 6.30. The van der Waals surface area contributed by atoms with Crippen LogP contribution < -0.4 is 14.7 Å². The van der Waals surface area contributed by atoms with Crippen molar-refractivity contribution in [2.75, 3.05) is 37.6 Å². The Balaban J connectivity index is 1.29. The van der Waals surface area contributed by atoms with Gasteiger partial charge in [-0.3, -0.25) is 0 Å². The Morgan fingerprint density at radius 1 is 1.14 bits per heavy atom. The molecular formula is C29H37ClN3O2-. The van der Waals surface area contributed by atoms with E-state index in [2.05, 4.69) is 41.8 Å². The largest absolute Gasteiger partial charge is 0.862 e. The molecule has 2 atom stereocenters. The lowest BCUT2D eigenvalue weighted by Crippen LogP contribution is -2.36. The molecule has 35 heavy (non-hydrogen) atoms. The molecule has 6 heteroatoms. The molecule has 5 rings (SSSR count). The van der Waals surface area contributed by atoms with Crippen molar-refractivity contribution in [1.29, 1.82) is 0 Å². The highest BCUT2D eigenvalue weighted by Gasteiger charge is 2.27. The molecule has 0 saturated carbocycles. The van der Waals surface area contributed by atoms with Crippen LogP contribution in [-0.2, 0) is 12.8 Å². The van der Waals surface area contributed by atoms with Gasteiger partial charge in [0, 0.05) is 36.3 Å². The molecule has 2 fully saturated rings. The minimum Gasteiger partial charge on any atom is -0.862 e. The number of halogens is 1. The first kappa shape index (κ1) is 24.5. The fraction of sp³-hybridized carbons (Fsp3) is 0.552. The molecule has 0 bridgehead atoms. The second kappa shape index (κ2) is 10.4. The number of rotatable bonds is 7. The van der Waals surface area contributed by atoms with E-state index in [4.69, 9.17) is 21.3 Å². The summed E-state index contributed by atoms with van der Waals surface area (Å²) in [4.78, 5) is 9.58. The van der Waals surface area contributed by atoms with E-state index in [1.807, 2.05) is 24.3 Å². The Bertz CT molecular complexity index is 1050. The van der Waals surface area contributed by atoms with Crippen molar-refractivity contribution in [1.82, 2.24) is 4.90 Å². The van der Waals surface area contributed by atoms with Crippen LogP contribution in [0.4, 0.5) is 5.69 Å². The first-order valence-electron chi connectivity index (χ1n) is 13.1. The number of benzene rings is 2. The van der Waals surface area contributed by atoms with Crippen LogP contribution in [0.3, 0.4) is 0 Å². The van der Waals surface area contributed by atoms with E-state index in [1.165, 1.54) is 24.0 Å². The quantitative estimate of drug-likeness (QED) is 0.412. The molecule has 3 aliphatic rings. The fourth-order valence-electron chi connectivity index (χ4n) is 5.66. The number of anilines is 1. The van der Waals surface area contributed by atoms with Crippen molar-refractivity contribution in [2.24, 2.45) is 10.9 Å². The van der Waals surface area contributed by atoms with Crippen LogP contribution in [0.2, 0.25) is 5.02 Å². The van der Waals surface area contributed by atoms with E-state index in [9.17, 15) is 5.11 Å². The van der Waals surface area contributed by atoms with E-state index >= 15 is 0 Å². The summed E-state index contributed by atoms with van der Waals surface area (Å²) in [5.74, 6) is 1.03. The maximum Gasteiger partial charge on any atom is 0.123 e. The number of hydrogen-bond acceptors (Lipinski definition) is 5. The molecule has 0 aromatic heterocycles. The summed E-state index contributed by atoms with van der Waals surface area (Å²) in [7, 11) is 0. The molecule has 3 aliphatic heterocycles. The van der Waals surface area contributed by atoms with Crippen LogP contribution in [0.1, 0.15) is 50.7 Å². The Kier molecular flexibility index (Phi) is 7.26. The maximum atomic E-state index is 13.3. The Hall–Kier alpha value is -2.24. The van der Waals surface area contributed by atoms with Crippen molar-refractivity contribution in [2.45, 2.75) is 64.0 Å². The summed E-state index contributed by atoms with van der Waals surface area (Å²) in [5.41, 5.74) is 3.55. The van der Waals surface area contributed by atoms with Crippen LogP contribution in [-0.4, -0.2) is 55.2 Å². The predicted molar refractivity (Wildman–Crippen MR) is 142 cm³/mol. The lowest BCUT2D eigenvalue weighted by Gasteiger charge is -2.33. The number of ether oxygens (including phenoxy) is 1. The SMILES string of the molecule is CC1(C)CCc2cc(CC(CN3CCCC3)N=C([O-])C3CCN(c4ccc(Cl)cc4)C3)ccc2O1. The zero-order valence-corrected chi connectivity index (χ0v) is 21.8. The number of aryl methyl sites for hydroxylation is 1. The van der Waals surface area contributed by atoms with Gasteiger partial charge in [0.05, 0.1) is 6.04 Å². The third-order valence-electron chi connectivity index (χ3n) is 7.69. The van der Waals surface area contributed by atoms with Crippen molar-refractivity contribution >= 4 is 23.2 Å². The van der Waals surface area contributed by atoms with Crippen LogP contribution in [0.5, 0.6) is 5.75 Å². The van der Waals surface area contributed by atoms with Crippen molar-refractivity contribution in [3.05, 3.63) is 58.6 Å². The standard InChI is InChI=1S/C29H38ClN3O2/c1-29(2)13-11-22-17-21(5-10-27(22)35-29)18-25(20-32-14-3-4-15-32)31-28(34)23-12-16-33(19-23)26-8-6-24(30)7-9-26/h5-10,17,23,25H,3-4,11-16,18-20H2,1-2H3,(H,31,34)/p-1. The highest BCUT2D eigenvalue weighted by Crippen LogP contribution is 2.34. The second-order valence-corrected chi connectivity index (χ2v) is 11.5. The third kappa shape index (κ3) is 6.13. The lowest BCUT2D eigenvalue weighted by atomic mass is 9.92. The molecule has 3 heterocycles. The van der Waals surface area contributed by atoms with Gasteiger partial charge < -0.3 is 24.6 Å². The van der Waals surface area contributed by atoms with E-state index in [1.54, 1.807) is 0 Å². The second-order valence-electron chi connectivity index (χ2n) is 11.0. The zero-order valence-electron chi connectivity index (χ0n) is 21.0. The first-order valence-corrected chi connectivity index (χ1v) is 13.5. The minimum atomic E-state index is -0.101. The zero-order chi connectivity index (χ0) is 24.4. The molecular weight excluding hydrogens is 458 g/mol. The van der Waals surface area contributed by atoms with E-state index in [0.29, 0.717) is 0 Å². The van der Waals surface area contributed by atoms with Gasteiger partial charge in [-0.05, 0) is 113 Å². The molecule has 2 aromatic rings. The van der Waals surface area contributed by atoms with Gasteiger partial charge in [-0.15, -0.1) is 0 Å². The van der Waals surface area contributed by atoms with Crippen LogP contribution in [0.15, 0.2) is 47.5 Å². The first-order chi connectivity index (χ1) is 16.8. The topological polar surface area (TPSA) is 51.1 Å². The summed E-state index contributed by atoms with van der Waals surface area (Å²) in [6, 6.07) is 14.4. The summed E-state index contributed by atoms with van der Waals surface area (Å²) in [6.07, 6.45) is 6.19. The molecule has 0 N–H and O–H groups in total. The molecule has 2 unspecified atom stereocenters. The van der Waals surface area contributed by atoms with Crippen molar-refractivity contribution in [3.63, 3.8) is 0 Å². The van der Waals surface area contributed by atoms with Gasteiger partial charge in [0.15, 0.2) is 0 Å². The van der Waals surface area contributed by atoms with Gasteiger partial charge in [0.25, 0.3) is 0 Å². The number of likely N-dealkylation sites (tertiary alicyclic amines) is 1. The Morgan fingerprint density at radius 3 is 2.69 bits per heavy atom. The van der Waals surface area contributed by atoms with Crippen LogP contribution >= 0.6 is 11.6 Å². The smallest absolute Gasteiger partial charge is 0.123 e. The number of aliphatic imine (C=N–C) groups is 1. The molecule has 0 radical (unpaired) electrons. The van der Waals surface area contributed by atoms with E-state index in [0.717, 1.165) is 74.9 Å². The normalized spacial score (nSPS) is 23.2. The summed E-state index contributed by atoms with van der Waals surface area (Å²) >= 11 is 6.04. The van der Waals surface area contributed by atoms with Gasteiger partial charge in [-0.1, -0.05) is 23.7 Å². The highest BCUT2D eigenvalue weighted by atomic mass is 35.5. The number of hydrogen-bond donors (Lipinski definition) is 0. The average molecular weight is 495 g/mol. The molecule has 0 aliphatic carbocycles. The molecule has 5 nitrogen and oxygen atoms in total. The minimum absolute atomic E-state index is 0.0100. The molecule has 0 amide bonds. The van der Waals surface area contributed by atoms with Crippen LogP contribution in [0.25, 0.3) is 0 Å². The fourth-order valence-corrected chi connectivity index (χ4v) is 5.79. The molecule has 188 valence electrons. The van der Waals surface area contributed by atoms with Crippen molar-refractivity contribution in [3.8, 4) is 5.75 Å². The maximum absolute atomic E-state index is 13.3. The Labute approximate surface area is 214 Å². The number of fused-ring (bicyclic) bond motifs is 1. The molecule has 2 saturated heterocycles. The number of nitrogens with zero attached hydrogens (tertiary/aromatic N) is 3. The summed E-state index contributed by atoms with van der Waals surface area (Å²) in [6.45, 7) is 9.00. The van der Waals surface area contributed by atoms with E-state index < -0.39 is 0 Å². The average Bonchev–Trinajstić information content (AvgIpc) is 3.52. The van der Waals surface area contributed by atoms with Gasteiger partial charge in [-0.2, -0.15) is 0 Å². The monoisotopic (exact) mass is 494 g/mol. The van der Waals surface area contributed by atoms with Gasteiger partial charge >= 0.3 is 0 Å². The van der Waals surface area contributed by atoms with Gasteiger partial charge in [0.1, 0.15) is 11.4 Å². The van der Waals surface area contributed by atoms with E-state index in [-0.39, 0.29) is 23.5 Å². The molecule has 0 spiro atoms. The van der Waals surface area contributed by atoms with Crippen LogP contribution in [0, 0.1) is 5.92 Å². The Morgan fingerprint density at radius 2 is 1.91 bits per heavy atom. The van der Waals surface area contributed by atoms with Gasteiger partial charge in [-0.25, -0.2) is 0 Å². The summed E-state index contributed by atoms with van der Waals surface area (Å²) in [5, 5.41) is 14.0. The lowest BCUT2D eigenvalue weighted by molar-refractivity contribution is -0.223. The third-order valence-corrected chi connectivity index (χ3v) is 7.94. The van der Waals surface area contributed by atoms with Crippen molar-refractivity contribution < 1.29 is 9.84 Å². The summed E-state index contributed by atoms with van der Waals surface area (Å²) < 4.78 is 6.17. The van der Waals surface area contributed by atoms with Gasteiger partial charge in [0.2, 0.25) is 0 Å². The predicted octanol–water partition coefficient (Wildman–Crippen LogP) is 4.74.